The Hall–Kier alpha value is -5.12. The summed E-state index contributed by atoms with van der Waals surface area (Å²) in [5.41, 5.74) is 1.43. The Morgan fingerprint density at radius 3 is 2.11 bits per heavy atom. The summed E-state index contributed by atoms with van der Waals surface area (Å²) in [5.74, 6) is -1.73. The van der Waals surface area contributed by atoms with Crippen LogP contribution in [0.5, 0.6) is 5.75 Å². The van der Waals surface area contributed by atoms with Crippen LogP contribution in [0.4, 0.5) is 5.95 Å². The predicted octanol–water partition coefficient (Wildman–Crippen LogP) is 3.81. The summed E-state index contributed by atoms with van der Waals surface area (Å²) in [7, 11) is 1.46. The third kappa shape index (κ3) is 3.27. The van der Waals surface area contributed by atoms with Crippen LogP contribution in [0.3, 0.4) is 0 Å². The molecule has 0 unspecified atom stereocenters. The molecule has 0 atom stereocenters. The van der Waals surface area contributed by atoms with Gasteiger partial charge in [0.05, 0.1) is 29.4 Å². The molecule has 4 amide bonds. The average Bonchev–Trinajstić information content (AvgIpc) is 3.58. The van der Waals surface area contributed by atoms with E-state index in [9.17, 15) is 19.2 Å². The minimum atomic E-state index is -1.27. The molecule has 3 heterocycles. The summed E-state index contributed by atoms with van der Waals surface area (Å²) in [6.45, 7) is 3.29. The summed E-state index contributed by atoms with van der Waals surface area (Å²) in [6, 6.07) is 19.3. The zero-order chi connectivity index (χ0) is 26.8. The first-order valence-corrected chi connectivity index (χ1v) is 11.8. The Bertz CT molecular complexity index is 1670. The van der Waals surface area contributed by atoms with Crippen molar-refractivity contribution >= 4 is 29.6 Å². The van der Waals surface area contributed by atoms with Crippen molar-refractivity contribution in [1.82, 2.24) is 20.1 Å². The first-order chi connectivity index (χ1) is 18.2. The van der Waals surface area contributed by atoms with Crippen LogP contribution < -0.4 is 9.64 Å². The molecule has 0 fully saturated rings. The molecule has 2 aliphatic rings. The summed E-state index contributed by atoms with van der Waals surface area (Å²) < 4.78 is 5.16. The van der Waals surface area contributed by atoms with Gasteiger partial charge in [-0.2, -0.15) is 4.98 Å². The highest BCUT2D eigenvalue weighted by Gasteiger charge is 2.47. The van der Waals surface area contributed by atoms with Gasteiger partial charge in [0.15, 0.2) is 5.82 Å². The van der Waals surface area contributed by atoms with Crippen molar-refractivity contribution in [2.45, 2.75) is 19.4 Å². The van der Waals surface area contributed by atoms with E-state index in [1.165, 1.54) is 19.2 Å². The maximum atomic E-state index is 13.5. The van der Waals surface area contributed by atoms with E-state index in [2.05, 4.69) is 15.2 Å². The lowest BCUT2D eigenvalue weighted by atomic mass is 10.0. The maximum Gasteiger partial charge on any atom is 0.268 e. The van der Waals surface area contributed by atoms with Crippen LogP contribution in [-0.2, 0) is 5.54 Å². The number of imide groups is 2. The Balaban J connectivity index is 1.32. The molecule has 0 spiro atoms. The summed E-state index contributed by atoms with van der Waals surface area (Å²) in [4.78, 5) is 59.2. The Morgan fingerprint density at radius 2 is 1.37 bits per heavy atom. The van der Waals surface area contributed by atoms with Crippen LogP contribution >= 0.6 is 0 Å². The number of fused-ring (bicyclic) bond motifs is 2. The third-order valence-electron chi connectivity index (χ3n) is 6.90. The molecule has 2 aliphatic heterocycles. The lowest BCUT2D eigenvalue weighted by Crippen LogP contribution is -2.46. The van der Waals surface area contributed by atoms with Crippen LogP contribution in [0.25, 0.3) is 11.1 Å². The van der Waals surface area contributed by atoms with Gasteiger partial charge in [0.1, 0.15) is 11.3 Å². The fourth-order valence-electron chi connectivity index (χ4n) is 4.82. The van der Waals surface area contributed by atoms with Crippen LogP contribution in [-0.4, -0.2) is 50.8 Å². The van der Waals surface area contributed by atoms with E-state index < -0.39 is 29.2 Å². The van der Waals surface area contributed by atoms with Crippen LogP contribution in [0.15, 0.2) is 66.7 Å². The van der Waals surface area contributed by atoms with Crippen molar-refractivity contribution in [3.63, 3.8) is 0 Å². The Morgan fingerprint density at radius 1 is 0.737 bits per heavy atom. The van der Waals surface area contributed by atoms with Crippen molar-refractivity contribution in [1.29, 1.82) is 0 Å². The first kappa shape index (κ1) is 23.3. The van der Waals surface area contributed by atoms with Gasteiger partial charge in [0.2, 0.25) is 0 Å². The van der Waals surface area contributed by atoms with E-state index in [1.54, 1.807) is 38.1 Å². The number of nitrogens with one attached hydrogen (secondary N) is 1. The number of methoxy groups -OCH3 is 1. The number of nitrogens with zero attached hydrogens (tertiary/aromatic N) is 4. The van der Waals surface area contributed by atoms with Gasteiger partial charge >= 0.3 is 0 Å². The smallest absolute Gasteiger partial charge is 0.268 e. The van der Waals surface area contributed by atoms with E-state index in [0.29, 0.717) is 11.3 Å². The molecule has 1 N–H and O–H groups in total. The highest BCUT2D eigenvalue weighted by Crippen LogP contribution is 2.37. The monoisotopic (exact) mass is 507 g/mol. The van der Waals surface area contributed by atoms with Crippen LogP contribution in [0.2, 0.25) is 0 Å². The van der Waals surface area contributed by atoms with Gasteiger partial charge in [-0.1, -0.05) is 36.4 Å². The first-order valence-electron chi connectivity index (χ1n) is 11.8. The largest absolute Gasteiger partial charge is 0.497 e. The van der Waals surface area contributed by atoms with Gasteiger partial charge in [0.25, 0.3) is 29.6 Å². The topological polar surface area (TPSA) is 126 Å². The number of aromatic nitrogens is 3. The number of aromatic amines is 1. The Labute approximate surface area is 216 Å². The second-order valence-corrected chi connectivity index (χ2v) is 9.47. The van der Waals surface area contributed by atoms with E-state index in [-0.39, 0.29) is 28.5 Å². The second-order valence-electron chi connectivity index (χ2n) is 9.47. The fourth-order valence-corrected chi connectivity index (χ4v) is 4.82. The molecule has 188 valence electrons. The number of amides is 4. The molecule has 38 heavy (non-hydrogen) atoms. The number of hydrogen-bond donors (Lipinski definition) is 1. The van der Waals surface area contributed by atoms with E-state index in [0.717, 1.165) is 20.9 Å². The molecule has 10 heteroatoms. The van der Waals surface area contributed by atoms with Crippen molar-refractivity contribution in [2.24, 2.45) is 0 Å². The maximum absolute atomic E-state index is 13.5. The standard InChI is InChI=1S/C28H21N5O5/c1-28(2,33-24(36)19-11-9-16(13-20(19)25(33)37)15-7-5-4-6-8-15)26-29-27(31-30-26)32-22(34)18-12-10-17(38-3)14-21(18)23(32)35/h4-14H,1-3H3,(H,29,30,31). The minimum Gasteiger partial charge on any atom is -0.497 e. The number of hydrogen-bond acceptors (Lipinski definition) is 7. The SMILES string of the molecule is COc1ccc2c(c1)C(=O)N(c1n[nH]c(C(C)(C)N3C(=O)c4ccc(-c5ccccc5)cc4C3=O)n1)C2=O. The normalized spacial score (nSPS) is 14.8. The number of anilines is 1. The van der Waals surface area contributed by atoms with E-state index in [4.69, 9.17) is 4.74 Å². The van der Waals surface area contributed by atoms with Gasteiger partial charge in [-0.15, -0.1) is 5.10 Å². The minimum absolute atomic E-state index is 0.138. The molecule has 0 saturated heterocycles. The highest BCUT2D eigenvalue weighted by atomic mass is 16.5. The van der Waals surface area contributed by atoms with Gasteiger partial charge in [-0.3, -0.25) is 29.2 Å². The summed E-state index contributed by atoms with van der Waals surface area (Å²) >= 11 is 0. The average molecular weight is 508 g/mol. The predicted molar refractivity (Wildman–Crippen MR) is 136 cm³/mol. The molecule has 0 radical (unpaired) electrons. The number of carbonyl (C=O) groups excluding carboxylic acids is 4. The van der Waals surface area contributed by atoms with E-state index >= 15 is 0 Å². The molecule has 0 aliphatic carbocycles. The zero-order valence-electron chi connectivity index (χ0n) is 20.7. The summed E-state index contributed by atoms with van der Waals surface area (Å²) in [5, 5.41) is 6.80. The number of ether oxygens (including phenoxy) is 1. The van der Waals surface area contributed by atoms with E-state index in [1.807, 2.05) is 30.3 Å². The molecule has 1 aromatic heterocycles. The number of carbonyl (C=O) groups is 4. The van der Waals surface area contributed by atoms with Crippen LogP contribution in [0.1, 0.15) is 61.1 Å². The molecule has 10 nitrogen and oxygen atoms in total. The van der Waals surface area contributed by atoms with Crippen molar-refractivity contribution in [3.8, 4) is 16.9 Å². The quantitative estimate of drug-likeness (QED) is 0.407. The van der Waals surface area contributed by atoms with Crippen molar-refractivity contribution in [2.75, 3.05) is 12.0 Å². The Kier molecular flexibility index (Phi) is 5.03. The molecule has 0 bridgehead atoms. The van der Waals surface area contributed by atoms with Crippen LogP contribution in [0, 0.1) is 0 Å². The van der Waals surface area contributed by atoms with Gasteiger partial charge in [-0.25, -0.2) is 4.90 Å². The highest BCUT2D eigenvalue weighted by molar-refractivity contribution is 6.34. The number of benzene rings is 3. The number of rotatable bonds is 5. The molecular weight excluding hydrogens is 486 g/mol. The van der Waals surface area contributed by atoms with Crippen molar-refractivity contribution < 1.29 is 23.9 Å². The van der Waals surface area contributed by atoms with Gasteiger partial charge < -0.3 is 4.74 Å². The lowest BCUT2D eigenvalue weighted by Gasteiger charge is -2.31. The molecule has 4 aromatic rings. The van der Waals surface area contributed by atoms with Crippen molar-refractivity contribution in [3.05, 3.63) is 94.8 Å². The molecule has 0 saturated carbocycles. The molecule has 3 aromatic carbocycles. The molecular formula is C28H21N5O5. The number of H-pyrrole nitrogens is 1. The third-order valence-corrected chi connectivity index (χ3v) is 6.90. The van der Waals surface area contributed by atoms with Gasteiger partial charge in [-0.05, 0) is 55.3 Å². The lowest BCUT2D eigenvalue weighted by molar-refractivity contribution is 0.0460. The zero-order valence-corrected chi connectivity index (χ0v) is 20.7. The molecule has 6 rings (SSSR count). The second kappa shape index (κ2) is 8.20. The van der Waals surface area contributed by atoms with Gasteiger partial charge in [0, 0.05) is 0 Å². The summed E-state index contributed by atoms with van der Waals surface area (Å²) in [6.07, 6.45) is 0. The fraction of sp³-hybridized carbons (Fsp3) is 0.143.